The summed E-state index contributed by atoms with van der Waals surface area (Å²) in [6.45, 7) is 0.472. The van der Waals surface area contributed by atoms with E-state index in [0.717, 1.165) is 23.1 Å². The molecule has 1 aliphatic carbocycles. The number of hydrogen-bond donors (Lipinski definition) is 3. The fraction of sp³-hybridized carbons (Fsp3) is 0.190. The second-order valence-corrected chi connectivity index (χ2v) is 6.44. The molecule has 0 fully saturated rings. The number of aliphatic carboxylic acids is 1. The second-order valence-electron chi connectivity index (χ2n) is 6.44. The van der Waals surface area contributed by atoms with Crippen molar-refractivity contribution in [2.75, 3.05) is 5.32 Å². The summed E-state index contributed by atoms with van der Waals surface area (Å²) in [7, 11) is 0. The Bertz CT molecular complexity index is 930. The Hall–Kier alpha value is -3.25. The first-order chi connectivity index (χ1) is 13.0. The Morgan fingerprint density at radius 1 is 1.11 bits per heavy atom. The zero-order chi connectivity index (χ0) is 19.4. The Kier molecular flexibility index (Phi) is 5.47. The van der Waals surface area contributed by atoms with E-state index in [1.54, 1.807) is 18.2 Å². The Morgan fingerprint density at radius 2 is 1.85 bits per heavy atom. The van der Waals surface area contributed by atoms with Gasteiger partial charge in [-0.3, -0.25) is 14.4 Å². The maximum Gasteiger partial charge on any atom is 0.312 e. The average molecular weight is 364 g/mol. The van der Waals surface area contributed by atoms with Gasteiger partial charge in [0.1, 0.15) is 6.42 Å². The van der Waals surface area contributed by atoms with Gasteiger partial charge < -0.3 is 16.2 Å². The Balaban J connectivity index is 1.82. The van der Waals surface area contributed by atoms with Gasteiger partial charge in [0.25, 0.3) is 0 Å². The molecule has 4 N–H and O–H groups in total. The van der Waals surface area contributed by atoms with Crippen molar-refractivity contribution in [1.82, 2.24) is 0 Å². The van der Waals surface area contributed by atoms with Crippen LogP contribution in [0.4, 0.5) is 5.69 Å². The maximum atomic E-state index is 12.9. The van der Waals surface area contributed by atoms with Gasteiger partial charge in [-0.1, -0.05) is 30.3 Å². The SMILES string of the molecule is NCc1ccc(C=C2CCc3ccc(NC(=O)CC(=O)O)cc3C2=O)cc1. The number of nitrogens with two attached hydrogens (primary N) is 1. The highest BCUT2D eigenvalue weighted by Crippen LogP contribution is 2.29. The van der Waals surface area contributed by atoms with Crippen molar-refractivity contribution in [2.45, 2.75) is 25.8 Å². The van der Waals surface area contributed by atoms with Gasteiger partial charge in [-0.05, 0) is 47.7 Å². The van der Waals surface area contributed by atoms with Gasteiger partial charge in [0.2, 0.25) is 5.91 Å². The van der Waals surface area contributed by atoms with Crippen LogP contribution in [-0.2, 0) is 22.6 Å². The molecule has 0 radical (unpaired) electrons. The molecule has 0 saturated carbocycles. The number of carboxylic acids is 1. The minimum atomic E-state index is -1.20. The second kappa shape index (κ2) is 7.97. The number of allylic oxidation sites excluding steroid dienone is 1. The van der Waals surface area contributed by atoms with Crippen LogP contribution in [0.2, 0.25) is 0 Å². The summed E-state index contributed by atoms with van der Waals surface area (Å²) in [5, 5.41) is 11.2. The van der Waals surface area contributed by atoms with E-state index in [1.807, 2.05) is 30.3 Å². The lowest BCUT2D eigenvalue weighted by Gasteiger charge is -2.19. The molecule has 3 rings (SSSR count). The lowest BCUT2D eigenvalue weighted by atomic mass is 9.85. The van der Waals surface area contributed by atoms with Crippen LogP contribution in [0, 0.1) is 0 Å². The number of fused-ring (bicyclic) bond motifs is 1. The largest absolute Gasteiger partial charge is 0.481 e. The molecule has 0 atom stereocenters. The lowest BCUT2D eigenvalue weighted by Crippen LogP contribution is -2.18. The van der Waals surface area contributed by atoms with Crippen molar-refractivity contribution < 1.29 is 19.5 Å². The molecule has 0 aliphatic heterocycles. The lowest BCUT2D eigenvalue weighted by molar-refractivity contribution is -0.139. The summed E-state index contributed by atoms with van der Waals surface area (Å²) in [5.74, 6) is -1.90. The maximum absolute atomic E-state index is 12.9. The Labute approximate surface area is 156 Å². The number of nitrogens with one attached hydrogen (secondary N) is 1. The number of rotatable bonds is 5. The third-order valence-electron chi connectivity index (χ3n) is 4.46. The number of hydrogen-bond acceptors (Lipinski definition) is 4. The number of anilines is 1. The zero-order valence-corrected chi connectivity index (χ0v) is 14.7. The van der Waals surface area contributed by atoms with Gasteiger partial charge in [0.05, 0.1) is 0 Å². The summed E-state index contributed by atoms with van der Waals surface area (Å²) in [6.07, 6.45) is 2.64. The van der Waals surface area contributed by atoms with Crippen LogP contribution in [0.25, 0.3) is 6.08 Å². The van der Waals surface area contributed by atoms with E-state index >= 15 is 0 Å². The number of amides is 1. The van der Waals surface area contributed by atoms with Crippen molar-refractivity contribution in [1.29, 1.82) is 0 Å². The fourth-order valence-corrected chi connectivity index (χ4v) is 3.07. The van der Waals surface area contributed by atoms with Crippen molar-refractivity contribution in [3.8, 4) is 0 Å². The molecular weight excluding hydrogens is 344 g/mol. The number of carboxylic acid groups (broad SMARTS) is 1. The minimum Gasteiger partial charge on any atom is -0.481 e. The summed E-state index contributed by atoms with van der Waals surface area (Å²) in [5.41, 5.74) is 10.2. The van der Waals surface area contributed by atoms with Crippen molar-refractivity contribution in [3.63, 3.8) is 0 Å². The van der Waals surface area contributed by atoms with E-state index in [4.69, 9.17) is 10.8 Å². The van der Waals surface area contributed by atoms with E-state index in [1.165, 1.54) is 0 Å². The number of carbonyl (C=O) groups is 3. The predicted octanol–water partition coefficient (Wildman–Crippen LogP) is 2.77. The fourth-order valence-electron chi connectivity index (χ4n) is 3.07. The molecule has 1 aliphatic rings. The molecule has 0 heterocycles. The molecular formula is C21H20N2O4. The van der Waals surface area contributed by atoms with Gasteiger partial charge >= 0.3 is 5.97 Å². The van der Waals surface area contributed by atoms with Gasteiger partial charge in [0.15, 0.2) is 5.78 Å². The van der Waals surface area contributed by atoms with Crippen LogP contribution in [0.15, 0.2) is 48.0 Å². The summed E-state index contributed by atoms with van der Waals surface area (Å²) >= 11 is 0. The standard InChI is InChI=1S/C21H20N2O4/c22-12-14-3-1-13(2-4-14)9-16-6-5-15-7-8-17(10-18(15)21(16)27)23-19(24)11-20(25)26/h1-4,7-10H,5-6,11-12,22H2,(H,23,24)(H,25,26). The van der Waals surface area contributed by atoms with Crippen LogP contribution in [-0.4, -0.2) is 22.8 Å². The van der Waals surface area contributed by atoms with Gasteiger partial charge in [0, 0.05) is 23.4 Å². The highest BCUT2D eigenvalue weighted by Gasteiger charge is 2.22. The third kappa shape index (κ3) is 4.48. The Morgan fingerprint density at radius 3 is 2.52 bits per heavy atom. The third-order valence-corrected chi connectivity index (χ3v) is 4.46. The first-order valence-corrected chi connectivity index (χ1v) is 8.65. The molecule has 6 heteroatoms. The van der Waals surface area contributed by atoms with E-state index in [-0.39, 0.29) is 5.78 Å². The number of benzene rings is 2. The van der Waals surface area contributed by atoms with E-state index in [0.29, 0.717) is 29.8 Å². The summed E-state index contributed by atoms with van der Waals surface area (Å²) in [4.78, 5) is 35.1. The highest BCUT2D eigenvalue weighted by molar-refractivity contribution is 6.14. The zero-order valence-electron chi connectivity index (χ0n) is 14.7. The predicted molar refractivity (Wildman–Crippen MR) is 102 cm³/mol. The summed E-state index contributed by atoms with van der Waals surface area (Å²) in [6, 6.07) is 12.8. The van der Waals surface area contributed by atoms with Crippen LogP contribution < -0.4 is 11.1 Å². The van der Waals surface area contributed by atoms with E-state index in [9.17, 15) is 14.4 Å². The molecule has 138 valence electrons. The topological polar surface area (TPSA) is 109 Å². The first-order valence-electron chi connectivity index (χ1n) is 8.65. The minimum absolute atomic E-state index is 0.0755. The smallest absolute Gasteiger partial charge is 0.312 e. The van der Waals surface area contributed by atoms with E-state index in [2.05, 4.69) is 5.32 Å². The molecule has 6 nitrogen and oxygen atoms in total. The van der Waals surface area contributed by atoms with Gasteiger partial charge in [-0.2, -0.15) is 0 Å². The summed E-state index contributed by atoms with van der Waals surface area (Å²) < 4.78 is 0. The van der Waals surface area contributed by atoms with Crippen LogP contribution >= 0.6 is 0 Å². The monoisotopic (exact) mass is 364 g/mol. The molecule has 27 heavy (non-hydrogen) atoms. The average Bonchev–Trinajstić information content (AvgIpc) is 2.64. The molecule has 1 amide bonds. The first kappa shape index (κ1) is 18.5. The number of Topliss-reactive ketones (excluding diaryl/α,β-unsaturated/α-hetero) is 1. The molecule has 0 spiro atoms. The molecule has 0 bridgehead atoms. The van der Waals surface area contributed by atoms with Crippen LogP contribution in [0.3, 0.4) is 0 Å². The molecule has 0 unspecified atom stereocenters. The van der Waals surface area contributed by atoms with E-state index < -0.39 is 18.3 Å². The van der Waals surface area contributed by atoms with Gasteiger partial charge in [-0.15, -0.1) is 0 Å². The molecule has 0 saturated heterocycles. The van der Waals surface area contributed by atoms with Crippen molar-refractivity contribution in [3.05, 3.63) is 70.3 Å². The van der Waals surface area contributed by atoms with Crippen molar-refractivity contribution >= 4 is 29.4 Å². The van der Waals surface area contributed by atoms with Crippen LogP contribution in [0.1, 0.15) is 39.9 Å². The number of aryl methyl sites for hydroxylation is 1. The number of ketones is 1. The number of carbonyl (C=O) groups excluding carboxylic acids is 2. The quantitative estimate of drug-likeness (QED) is 0.558. The molecule has 2 aromatic carbocycles. The van der Waals surface area contributed by atoms with Crippen LogP contribution in [0.5, 0.6) is 0 Å². The molecule has 0 aromatic heterocycles. The van der Waals surface area contributed by atoms with Gasteiger partial charge in [-0.25, -0.2) is 0 Å². The normalized spacial score (nSPS) is 14.7. The van der Waals surface area contributed by atoms with Crippen molar-refractivity contribution in [2.24, 2.45) is 5.73 Å². The highest BCUT2D eigenvalue weighted by atomic mass is 16.4. The molecule has 2 aromatic rings.